The van der Waals surface area contributed by atoms with Crippen LogP contribution in [0.5, 0.6) is 0 Å². The molecule has 0 saturated carbocycles. The molecule has 3 nitrogen and oxygen atoms in total. The van der Waals surface area contributed by atoms with Crippen LogP contribution in [0.1, 0.15) is 10.4 Å². The van der Waals surface area contributed by atoms with Crippen LogP contribution in [0, 0.1) is 0 Å². The zero-order chi connectivity index (χ0) is 12.7. The number of hydrogen-bond donors (Lipinski definition) is 1. The van der Waals surface area contributed by atoms with Crippen LogP contribution in [0.2, 0.25) is 5.15 Å². The average molecular weight is 258 g/mol. The van der Waals surface area contributed by atoms with Crippen LogP contribution in [0.15, 0.2) is 42.5 Å². The lowest BCUT2D eigenvalue weighted by Gasteiger charge is -2.05. The summed E-state index contributed by atoms with van der Waals surface area (Å²) in [7, 11) is 0. The van der Waals surface area contributed by atoms with Gasteiger partial charge in [-0.3, -0.25) is 0 Å². The molecule has 0 radical (unpaired) electrons. The number of halogens is 1. The largest absolute Gasteiger partial charge is 0.478 e. The van der Waals surface area contributed by atoms with Crippen molar-refractivity contribution in [2.75, 3.05) is 0 Å². The molecular formula is C14H8ClNO2. The molecule has 0 atom stereocenters. The van der Waals surface area contributed by atoms with E-state index in [1.807, 2.05) is 36.4 Å². The van der Waals surface area contributed by atoms with Crippen molar-refractivity contribution in [1.29, 1.82) is 0 Å². The third kappa shape index (κ3) is 1.60. The average Bonchev–Trinajstić information content (AvgIpc) is 2.37. The van der Waals surface area contributed by atoms with Crippen LogP contribution < -0.4 is 0 Å². The fourth-order valence-corrected chi connectivity index (χ4v) is 2.28. The van der Waals surface area contributed by atoms with E-state index in [-0.39, 0.29) is 10.7 Å². The quantitative estimate of drug-likeness (QED) is 0.534. The van der Waals surface area contributed by atoms with E-state index in [4.69, 9.17) is 16.7 Å². The van der Waals surface area contributed by atoms with E-state index in [1.165, 1.54) is 0 Å². The number of carboxylic acids is 1. The summed E-state index contributed by atoms with van der Waals surface area (Å²) >= 11 is 5.86. The predicted octanol–water partition coefficient (Wildman–Crippen LogP) is 3.74. The van der Waals surface area contributed by atoms with E-state index < -0.39 is 5.97 Å². The summed E-state index contributed by atoms with van der Waals surface area (Å²) in [5.41, 5.74) is 0.726. The number of aromatic nitrogens is 1. The molecule has 0 aliphatic carbocycles. The van der Waals surface area contributed by atoms with Crippen molar-refractivity contribution in [3.63, 3.8) is 0 Å². The number of carbonyl (C=O) groups is 1. The van der Waals surface area contributed by atoms with E-state index >= 15 is 0 Å². The Balaban J connectivity index is 2.49. The minimum absolute atomic E-state index is 0.0188. The van der Waals surface area contributed by atoms with E-state index in [0.29, 0.717) is 5.52 Å². The summed E-state index contributed by atoms with van der Waals surface area (Å²) in [6, 6.07) is 13.1. The highest BCUT2D eigenvalue weighted by Gasteiger charge is 2.12. The van der Waals surface area contributed by atoms with Gasteiger partial charge in [-0.2, -0.15) is 0 Å². The van der Waals surface area contributed by atoms with Gasteiger partial charge in [-0.15, -0.1) is 0 Å². The molecule has 0 bridgehead atoms. The van der Waals surface area contributed by atoms with Gasteiger partial charge in [0.25, 0.3) is 0 Å². The van der Waals surface area contributed by atoms with Crippen LogP contribution in [0.4, 0.5) is 0 Å². The number of pyridine rings is 1. The molecule has 0 aliphatic rings. The van der Waals surface area contributed by atoms with Gasteiger partial charge < -0.3 is 5.11 Å². The van der Waals surface area contributed by atoms with Crippen molar-refractivity contribution < 1.29 is 9.90 Å². The van der Waals surface area contributed by atoms with Crippen molar-refractivity contribution in [3.8, 4) is 0 Å². The lowest BCUT2D eigenvalue weighted by atomic mass is 10.0. The first kappa shape index (κ1) is 11.0. The van der Waals surface area contributed by atoms with Gasteiger partial charge in [0.2, 0.25) is 0 Å². The summed E-state index contributed by atoms with van der Waals surface area (Å²) in [6.07, 6.45) is 0. The third-order valence-corrected chi connectivity index (χ3v) is 3.20. The molecule has 2 aromatic carbocycles. The Morgan fingerprint density at radius 3 is 2.67 bits per heavy atom. The van der Waals surface area contributed by atoms with Crippen molar-refractivity contribution in [2.45, 2.75) is 0 Å². The Morgan fingerprint density at radius 2 is 1.89 bits per heavy atom. The molecule has 0 saturated heterocycles. The van der Waals surface area contributed by atoms with Crippen LogP contribution in [0.25, 0.3) is 21.7 Å². The lowest BCUT2D eigenvalue weighted by Crippen LogP contribution is -1.99. The van der Waals surface area contributed by atoms with Crippen molar-refractivity contribution >= 4 is 39.2 Å². The Bertz CT molecular complexity index is 783. The summed E-state index contributed by atoms with van der Waals surface area (Å²) in [5.74, 6) is -1.07. The number of aromatic carboxylic acids is 1. The van der Waals surface area contributed by atoms with Gasteiger partial charge in [-0.1, -0.05) is 41.9 Å². The van der Waals surface area contributed by atoms with Gasteiger partial charge in [0.15, 0.2) is 0 Å². The zero-order valence-electron chi connectivity index (χ0n) is 9.22. The Morgan fingerprint density at radius 1 is 1.11 bits per heavy atom. The number of carboxylic acid groups (broad SMARTS) is 1. The van der Waals surface area contributed by atoms with Gasteiger partial charge in [-0.25, -0.2) is 9.78 Å². The standard InChI is InChI=1S/C14H8ClNO2/c15-13-11(14(17)18)7-10-9-4-2-1-3-8(9)5-6-12(10)16-13/h1-7H,(H,17,18). The first-order chi connectivity index (χ1) is 8.66. The minimum atomic E-state index is -1.07. The predicted molar refractivity (Wildman–Crippen MR) is 71.2 cm³/mol. The fraction of sp³-hybridized carbons (Fsp3) is 0. The molecule has 18 heavy (non-hydrogen) atoms. The maximum absolute atomic E-state index is 11.1. The second-order valence-electron chi connectivity index (χ2n) is 3.99. The molecule has 1 heterocycles. The molecule has 0 unspecified atom stereocenters. The van der Waals surface area contributed by atoms with Crippen LogP contribution >= 0.6 is 11.6 Å². The van der Waals surface area contributed by atoms with E-state index in [0.717, 1.165) is 16.2 Å². The number of benzene rings is 2. The third-order valence-electron chi connectivity index (χ3n) is 2.91. The molecule has 0 aliphatic heterocycles. The zero-order valence-corrected chi connectivity index (χ0v) is 9.98. The van der Waals surface area contributed by atoms with Crippen LogP contribution in [0.3, 0.4) is 0 Å². The summed E-state index contributed by atoms with van der Waals surface area (Å²) in [4.78, 5) is 15.2. The van der Waals surface area contributed by atoms with Crippen molar-refractivity contribution in [1.82, 2.24) is 4.98 Å². The Kier molecular flexibility index (Phi) is 2.42. The van der Waals surface area contributed by atoms with Crippen molar-refractivity contribution in [3.05, 3.63) is 53.2 Å². The van der Waals surface area contributed by atoms with Gasteiger partial charge >= 0.3 is 5.97 Å². The molecular weight excluding hydrogens is 250 g/mol. The maximum Gasteiger partial charge on any atom is 0.338 e. The number of nitrogens with zero attached hydrogens (tertiary/aromatic N) is 1. The summed E-state index contributed by atoms with van der Waals surface area (Å²) in [5, 5.41) is 11.9. The van der Waals surface area contributed by atoms with E-state index in [2.05, 4.69) is 4.98 Å². The minimum Gasteiger partial charge on any atom is -0.478 e. The monoisotopic (exact) mass is 257 g/mol. The fourth-order valence-electron chi connectivity index (χ4n) is 2.05. The molecule has 0 spiro atoms. The highest BCUT2D eigenvalue weighted by atomic mass is 35.5. The van der Waals surface area contributed by atoms with Gasteiger partial charge in [0, 0.05) is 5.39 Å². The van der Waals surface area contributed by atoms with Crippen LogP contribution in [-0.4, -0.2) is 16.1 Å². The molecule has 1 N–H and O–H groups in total. The number of hydrogen-bond acceptors (Lipinski definition) is 2. The molecule has 4 heteroatoms. The second-order valence-corrected chi connectivity index (χ2v) is 4.34. The highest BCUT2D eigenvalue weighted by Crippen LogP contribution is 2.27. The normalized spacial score (nSPS) is 10.9. The molecule has 0 fully saturated rings. The Labute approximate surface area is 108 Å². The van der Waals surface area contributed by atoms with Gasteiger partial charge in [-0.05, 0) is 22.9 Å². The molecule has 0 amide bonds. The SMILES string of the molecule is O=C(O)c1cc2c(ccc3ccccc32)nc1Cl. The first-order valence-electron chi connectivity index (χ1n) is 5.38. The molecule has 3 aromatic rings. The molecule has 1 aromatic heterocycles. The molecule has 3 rings (SSSR count). The van der Waals surface area contributed by atoms with Gasteiger partial charge in [0.1, 0.15) is 5.15 Å². The lowest BCUT2D eigenvalue weighted by molar-refractivity contribution is 0.0697. The highest BCUT2D eigenvalue weighted by molar-refractivity contribution is 6.33. The smallest absolute Gasteiger partial charge is 0.338 e. The van der Waals surface area contributed by atoms with Gasteiger partial charge in [0.05, 0.1) is 11.1 Å². The molecule has 88 valence electrons. The number of rotatable bonds is 1. The number of fused-ring (bicyclic) bond motifs is 3. The second kappa shape index (κ2) is 3.96. The maximum atomic E-state index is 11.1. The first-order valence-corrected chi connectivity index (χ1v) is 5.76. The van der Waals surface area contributed by atoms with E-state index in [1.54, 1.807) is 6.07 Å². The van der Waals surface area contributed by atoms with Crippen LogP contribution in [-0.2, 0) is 0 Å². The topological polar surface area (TPSA) is 50.2 Å². The summed E-state index contributed by atoms with van der Waals surface area (Å²) < 4.78 is 0. The summed E-state index contributed by atoms with van der Waals surface area (Å²) in [6.45, 7) is 0. The van der Waals surface area contributed by atoms with Crippen molar-refractivity contribution in [2.24, 2.45) is 0 Å². The Hall–Kier alpha value is -2.13. The van der Waals surface area contributed by atoms with E-state index in [9.17, 15) is 4.79 Å².